The molecule has 142 valence electrons. The first kappa shape index (κ1) is 20.5. The molecule has 27 heavy (non-hydrogen) atoms. The molecule has 0 saturated heterocycles. The number of aromatic amines is 1. The molecule has 0 aliphatic heterocycles. The van der Waals surface area contributed by atoms with Gasteiger partial charge in [0.05, 0.1) is 18.1 Å². The van der Waals surface area contributed by atoms with E-state index in [9.17, 15) is 10.1 Å². The Morgan fingerprint density at radius 2 is 2.04 bits per heavy atom. The van der Waals surface area contributed by atoms with Crippen molar-refractivity contribution in [3.05, 3.63) is 46.5 Å². The quantitative estimate of drug-likeness (QED) is 0.499. The van der Waals surface area contributed by atoms with E-state index >= 15 is 0 Å². The summed E-state index contributed by atoms with van der Waals surface area (Å²) in [4.78, 5) is 19.3. The van der Waals surface area contributed by atoms with Crippen LogP contribution in [0.2, 0.25) is 0 Å². The molecular formula is C19H22ClN5O2. The van der Waals surface area contributed by atoms with Gasteiger partial charge in [-0.2, -0.15) is 5.26 Å². The maximum Gasteiger partial charge on any atom is 0.275 e. The fourth-order valence-corrected chi connectivity index (χ4v) is 3.00. The van der Waals surface area contributed by atoms with Crippen LogP contribution in [0.3, 0.4) is 0 Å². The summed E-state index contributed by atoms with van der Waals surface area (Å²) < 4.78 is 7.46. The largest absolute Gasteiger partial charge is 0.399 e. The molecule has 0 aliphatic carbocycles. The second-order valence-corrected chi connectivity index (χ2v) is 6.31. The van der Waals surface area contributed by atoms with Gasteiger partial charge in [-0.1, -0.05) is 12.1 Å². The molecular weight excluding hydrogens is 366 g/mol. The van der Waals surface area contributed by atoms with Crippen LogP contribution in [0.15, 0.2) is 35.4 Å². The predicted molar refractivity (Wildman–Crippen MR) is 108 cm³/mol. The van der Waals surface area contributed by atoms with Crippen molar-refractivity contribution in [1.82, 2.24) is 14.5 Å². The normalized spacial score (nSPS) is 10.7. The number of rotatable bonds is 6. The molecule has 0 saturated carbocycles. The molecule has 0 bridgehead atoms. The fraction of sp³-hybridized carbons (Fsp3) is 0.316. The van der Waals surface area contributed by atoms with Crippen LogP contribution in [0.1, 0.15) is 25.8 Å². The van der Waals surface area contributed by atoms with E-state index in [0.29, 0.717) is 47.6 Å². The van der Waals surface area contributed by atoms with E-state index in [1.165, 1.54) is 6.33 Å². The summed E-state index contributed by atoms with van der Waals surface area (Å²) in [6, 6.07) is 9.45. The van der Waals surface area contributed by atoms with Crippen molar-refractivity contribution in [3.8, 4) is 17.3 Å². The first-order valence-electron chi connectivity index (χ1n) is 8.50. The lowest BCUT2D eigenvalue weighted by Gasteiger charge is -2.12. The van der Waals surface area contributed by atoms with Gasteiger partial charge in [0.1, 0.15) is 22.7 Å². The number of halogens is 1. The molecule has 3 rings (SSSR count). The second kappa shape index (κ2) is 8.71. The number of nitrogens with two attached hydrogens (primary N) is 1. The van der Waals surface area contributed by atoms with Crippen LogP contribution >= 0.6 is 12.4 Å². The van der Waals surface area contributed by atoms with Crippen LogP contribution in [0, 0.1) is 11.3 Å². The van der Waals surface area contributed by atoms with Crippen molar-refractivity contribution in [2.45, 2.75) is 32.9 Å². The number of fused-ring (bicyclic) bond motifs is 1. The zero-order valence-corrected chi connectivity index (χ0v) is 16.0. The molecule has 1 aromatic carbocycles. The average molecular weight is 388 g/mol. The molecule has 3 N–H and O–H groups in total. The highest BCUT2D eigenvalue weighted by Crippen LogP contribution is 2.31. The first-order chi connectivity index (χ1) is 12.5. The van der Waals surface area contributed by atoms with Crippen molar-refractivity contribution in [2.24, 2.45) is 0 Å². The van der Waals surface area contributed by atoms with Gasteiger partial charge in [-0.05, 0) is 38.0 Å². The lowest BCUT2D eigenvalue weighted by Crippen LogP contribution is -2.14. The standard InChI is InChI=1S/C19H21N5O2.ClH/c1-12(2)26-9-3-8-24-17(13-4-6-14(21)7-5-13)15(10-20)16-18(24)19(25)23-11-22-16;/h4-7,11-12H,3,8-9,21H2,1-2H3,(H,22,23,25);1H. The molecule has 7 nitrogen and oxygen atoms in total. The number of ether oxygens (including phenoxy) is 1. The molecule has 0 amide bonds. The number of nitrogens with zero attached hydrogens (tertiary/aromatic N) is 3. The molecule has 3 aromatic rings. The third kappa shape index (κ3) is 4.13. The van der Waals surface area contributed by atoms with Crippen molar-refractivity contribution in [1.29, 1.82) is 5.26 Å². The lowest BCUT2D eigenvalue weighted by molar-refractivity contribution is 0.0751. The lowest BCUT2D eigenvalue weighted by atomic mass is 10.1. The molecule has 0 spiro atoms. The summed E-state index contributed by atoms with van der Waals surface area (Å²) in [6.45, 7) is 5.07. The Morgan fingerprint density at radius 1 is 1.33 bits per heavy atom. The number of nitriles is 1. The number of anilines is 1. The highest BCUT2D eigenvalue weighted by molar-refractivity contribution is 5.91. The van der Waals surface area contributed by atoms with Gasteiger partial charge < -0.3 is 20.0 Å². The molecule has 0 fully saturated rings. The Labute approximate surface area is 163 Å². The monoisotopic (exact) mass is 387 g/mol. The van der Waals surface area contributed by atoms with Crippen LogP contribution in [0.25, 0.3) is 22.3 Å². The van der Waals surface area contributed by atoms with Gasteiger partial charge in [0.15, 0.2) is 0 Å². The minimum Gasteiger partial charge on any atom is -0.399 e. The van der Waals surface area contributed by atoms with Crippen molar-refractivity contribution >= 4 is 29.1 Å². The third-order valence-electron chi connectivity index (χ3n) is 4.12. The summed E-state index contributed by atoms with van der Waals surface area (Å²) in [5.74, 6) is 0. The summed E-state index contributed by atoms with van der Waals surface area (Å²) in [5.41, 5.74) is 8.85. The zero-order valence-electron chi connectivity index (χ0n) is 15.2. The first-order valence-corrected chi connectivity index (χ1v) is 8.50. The molecule has 2 heterocycles. The average Bonchev–Trinajstić information content (AvgIpc) is 2.94. The van der Waals surface area contributed by atoms with E-state index in [0.717, 1.165) is 5.56 Å². The second-order valence-electron chi connectivity index (χ2n) is 6.31. The van der Waals surface area contributed by atoms with Gasteiger partial charge in [0, 0.05) is 18.8 Å². The van der Waals surface area contributed by atoms with Crippen molar-refractivity contribution in [2.75, 3.05) is 12.3 Å². The number of hydrogen-bond donors (Lipinski definition) is 2. The molecule has 2 aromatic heterocycles. The molecule has 0 atom stereocenters. The highest BCUT2D eigenvalue weighted by atomic mass is 35.5. The molecule has 0 radical (unpaired) electrons. The number of aromatic nitrogens is 3. The van der Waals surface area contributed by atoms with E-state index in [-0.39, 0.29) is 24.1 Å². The number of nitrogen functional groups attached to an aromatic ring is 1. The number of benzene rings is 1. The van der Waals surface area contributed by atoms with Crippen LogP contribution in [-0.2, 0) is 11.3 Å². The van der Waals surface area contributed by atoms with Crippen LogP contribution in [0.5, 0.6) is 0 Å². The summed E-state index contributed by atoms with van der Waals surface area (Å²) in [5, 5.41) is 9.72. The Bertz CT molecular complexity index is 1020. The van der Waals surface area contributed by atoms with Gasteiger partial charge in [-0.3, -0.25) is 4.79 Å². The Balaban J connectivity index is 0.00000261. The van der Waals surface area contributed by atoms with Gasteiger partial charge in [0.25, 0.3) is 5.56 Å². The summed E-state index contributed by atoms with van der Waals surface area (Å²) in [6.07, 6.45) is 2.18. The smallest absolute Gasteiger partial charge is 0.275 e. The third-order valence-corrected chi connectivity index (χ3v) is 4.12. The number of H-pyrrole nitrogens is 1. The van der Waals surface area contributed by atoms with Crippen LogP contribution in [0.4, 0.5) is 5.69 Å². The number of aryl methyl sites for hydroxylation is 1. The van der Waals surface area contributed by atoms with Gasteiger partial charge in [-0.15, -0.1) is 12.4 Å². The van der Waals surface area contributed by atoms with Gasteiger partial charge >= 0.3 is 0 Å². The van der Waals surface area contributed by atoms with Crippen LogP contribution < -0.4 is 11.3 Å². The molecule has 0 aliphatic rings. The molecule has 0 unspecified atom stereocenters. The summed E-state index contributed by atoms with van der Waals surface area (Å²) in [7, 11) is 0. The maximum atomic E-state index is 12.4. The number of hydrogen-bond acceptors (Lipinski definition) is 5. The minimum atomic E-state index is -0.266. The molecule has 8 heteroatoms. The van der Waals surface area contributed by atoms with E-state index in [1.54, 1.807) is 12.1 Å². The maximum absolute atomic E-state index is 12.4. The topological polar surface area (TPSA) is 110 Å². The fourth-order valence-electron chi connectivity index (χ4n) is 3.00. The SMILES string of the molecule is CC(C)OCCCn1c(-c2ccc(N)cc2)c(C#N)c2nc[nH]c(=O)c21.Cl. The Kier molecular flexibility index (Phi) is 6.61. The van der Waals surface area contributed by atoms with Crippen molar-refractivity contribution in [3.63, 3.8) is 0 Å². The van der Waals surface area contributed by atoms with E-state index in [4.69, 9.17) is 10.5 Å². The van der Waals surface area contributed by atoms with Crippen LogP contribution in [-0.4, -0.2) is 27.2 Å². The number of nitrogens with one attached hydrogen (secondary N) is 1. The van der Waals surface area contributed by atoms with E-state index in [1.807, 2.05) is 30.5 Å². The summed E-state index contributed by atoms with van der Waals surface area (Å²) >= 11 is 0. The van der Waals surface area contributed by atoms with Gasteiger partial charge in [0.2, 0.25) is 0 Å². The Morgan fingerprint density at radius 3 is 2.67 bits per heavy atom. The minimum absolute atomic E-state index is 0. The van der Waals surface area contributed by atoms with Crippen molar-refractivity contribution < 1.29 is 4.74 Å². The zero-order chi connectivity index (χ0) is 18.7. The van der Waals surface area contributed by atoms with E-state index in [2.05, 4.69) is 16.0 Å². The van der Waals surface area contributed by atoms with Gasteiger partial charge in [-0.25, -0.2) is 4.98 Å². The Hall–Kier alpha value is -2.82. The predicted octanol–water partition coefficient (Wildman–Crippen LogP) is 3.08. The van der Waals surface area contributed by atoms with E-state index < -0.39 is 0 Å². The highest BCUT2D eigenvalue weighted by Gasteiger charge is 2.21.